The van der Waals surface area contributed by atoms with Crippen molar-refractivity contribution in [1.29, 1.82) is 0 Å². The topological polar surface area (TPSA) is 0 Å². The predicted octanol–water partition coefficient (Wildman–Crippen LogP) is 4.15. The summed E-state index contributed by atoms with van der Waals surface area (Å²) in [5.41, 5.74) is 3.87. The maximum absolute atomic E-state index is 2.87. The van der Waals surface area contributed by atoms with E-state index in [1.807, 2.05) is 0 Å². The summed E-state index contributed by atoms with van der Waals surface area (Å²) >= 11 is 2.87. The zero-order chi connectivity index (χ0) is 13.8. The molecule has 0 N–H and O–H groups in total. The second kappa shape index (κ2) is 5.69. The summed E-state index contributed by atoms with van der Waals surface area (Å²) in [4.78, 5) is 0. The van der Waals surface area contributed by atoms with Gasteiger partial charge in [0.25, 0.3) is 0 Å². The monoisotopic (exact) mass is 318 g/mol. The number of benzene rings is 3. The van der Waals surface area contributed by atoms with E-state index < -0.39 is 0 Å². The summed E-state index contributed by atoms with van der Waals surface area (Å²) in [7, 11) is 0. The molecule has 0 fully saturated rings. The molecule has 2 radical (unpaired) electrons. The third-order valence-electron chi connectivity index (χ3n) is 3.57. The molecule has 0 unspecified atom stereocenters. The van der Waals surface area contributed by atoms with E-state index in [1.54, 1.807) is 0 Å². The third-order valence-corrected chi connectivity index (χ3v) is 5.20. The molecule has 0 bridgehead atoms. The van der Waals surface area contributed by atoms with Crippen LogP contribution in [-0.4, -0.2) is 16.9 Å². The minimum absolute atomic E-state index is 0.184. The molecule has 96 valence electrons. The molecule has 0 nitrogen and oxygen atoms in total. The summed E-state index contributed by atoms with van der Waals surface area (Å²) in [6, 6.07) is 31.9. The van der Waals surface area contributed by atoms with E-state index in [0.29, 0.717) is 0 Å². The molecule has 0 heterocycles. The average Bonchev–Trinajstić information content (AvgIpc) is 2.56. The van der Waals surface area contributed by atoms with Crippen molar-refractivity contribution in [2.45, 2.75) is 4.20 Å². The standard InChI is InChI=1S/C19H15As/c20-19(16-10-4-1-5-11-16,17-12-6-2-7-13-17)18-14-8-3-9-15-18/h1-15H. The van der Waals surface area contributed by atoms with Crippen LogP contribution in [0.25, 0.3) is 0 Å². The molecule has 0 atom stereocenters. The van der Waals surface area contributed by atoms with Crippen LogP contribution in [0.4, 0.5) is 0 Å². The molecular weight excluding hydrogens is 303 g/mol. The summed E-state index contributed by atoms with van der Waals surface area (Å²) in [6.45, 7) is 0. The Morgan fingerprint density at radius 1 is 0.450 bits per heavy atom. The van der Waals surface area contributed by atoms with Gasteiger partial charge in [-0.3, -0.25) is 0 Å². The first-order valence-electron chi connectivity index (χ1n) is 6.71. The average molecular weight is 318 g/mol. The van der Waals surface area contributed by atoms with Gasteiger partial charge in [-0.1, -0.05) is 0 Å². The van der Waals surface area contributed by atoms with Crippen LogP contribution < -0.4 is 0 Å². The SMILES string of the molecule is [As]C(c1ccccc1)(c1ccccc1)c1ccccc1. The third kappa shape index (κ3) is 2.32. The van der Waals surface area contributed by atoms with Crippen molar-refractivity contribution in [3.63, 3.8) is 0 Å². The summed E-state index contributed by atoms with van der Waals surface area (Å²) < 4.78 is -0.184. The fourth-order valence-corrected chi connectivity index (χ4v) is 3.48. The Kier molecular flexibility index (Phi) is 3.76. The molecule has 0 aliphatic rings. The molecule has 1 heteroatoms. The molecule has 3 aromatic rings. The first-order chi connectivity index (χ1) is 9.82. The molecule has 0 aromatic heterocycles. The van der Waals surface area contributed by atoms with E-state index in [2.05, 4.69) is 108 Å². The van der Waals surface area contributed by atoms with Crippen LogP contribution in [0.5, 0.6) is 0 Å². The molecule has 0 saturated carbocycles. The van der Waals surface area contributed by atoms with Crippen LogP contribution in [-0.2, 0) is 4.20 Å². The zero-order valence-corrected chi connectivity index (χ0v) is 13.0. The van der Waals surface area contributed by atoms with Crippen LogP contribution in [0, 0.1) is 0 Å². The van der Waals surface area contributed by atoms with Crippen molar-refractivity contribution >= 4 is 16.9 Å². The Bertz CT molecular complexity index is 563. The Morgan fingerprint density at radius 2 is 0.700 bits per heavy atom. The molecule has 0 amide bonds. The Morgan fingerprint density at radius 3 is 0.950 bits per heavy atom. The van der Waals surface area contributed by atoms with E-state index in [4.69, 9.17) is 0 Å². The van der Waals surface area contributed by atoms with Gasteiger partial charge in [-0.05, 0) is 0 Å². The fourth-order valence-electron chi connectivity index (χ4n) is 2.54. The van der Waals surface area contributed by atoms with Gasteiger partial charge in [0.1, 0.15) is 0 Å². The van der Waals surface area contributed by atoms with E-state index in [1.165, 1.54) is 16.7 Å². The number of hydrogen-bond acceptors (Lipinski definition) is 0. The summed E-state index contributed by atoms with van der Waals surface area (Å²) in [5.74, 6) is 0. The van der Waals surface area contributed by atoms with Gasteiger partial charge in [-0.25, -0.2) is 0 Å². The predicted molar refractivity (Wildman–Crippen MR) is 85.0 cm³/mol. The Hall–Kier alpha value is -1.78. The van der Waals surface area contributed by atoms with Crippen LogP contribution in [0.3, 0.4) is 0 Å². The molecule has 0 saturated heterocycles. The van der Waals surface area contributed by atoms with Crippen molar-refractivity contribution in [1.82, 2.24) is 0 Å². The van der Waals surface area contributed by atoms with Gasteiger partial charge in [0.2, 0.25) is 0 Å². The van der Waals surface area contributed by atoms with Gasteiger partial charge in [-0.2, -0.15) is 0 Å². The van der Waals surface area contributed by atoms with E-state index in [-0.39, 0.29) is 4.20 Å². The number of rotatable bonds is 3. The molecule has 0 aliphatic carbocycles. The van der Waals surface area contributed by atoms with Crippen molar-refractivity contribution in [3.05, 3.63) is 108 Å². The fraction of sp³-hybridized carbons (Fsp3) is 0.0526. The van der Waals surface area contributed by atoms with Crippen molar-refractivity contribution in [2.75, 3.05) is 0 Å². The van der Waals surface area contributed by atoms with Gasteiger partial charge in [-0.15, -0.1) is 0 Å². The van der Waals surface area contributed by atoms with Gasteiger partial charge in [0, 0.05) is 0 Å². The second-order valence-corrected chi connectivity index (χ2v) is 6.22. The summed E-state index contributed by atoms with van der Waals surface area (Å²) in [5, 5.41) is 0. The van der Waals surface area contributed by atoms with Crippen molar-refractivity contribution < 1.29 is 0 Å². The maximum atomic E-state index is 2.87. The molecule has 0 spiro atoms. The first-order valence-corrected chi connectivity index (χ1v) is 7.64. The number of hydrogen-bond donors (Lipinski definition) is 0. The van der Waals surface area contributed by atoms with Gasteiger partial charge < -0.3 is 0 Å². The second-order valence-electron chi connectivity index (χ2n) is 4.81. The van der Waals surface area contributed by atoms with Crippen LogP contribution >= 0.6 is 0 Å². The molecule has 20 heavy (non-hydrogen) atoms. The first kappa shape index (κ1) is 13.2. The van der Waals surface area contributed by atoms with Gasteiger partial charge in [0.05, 0.1) is 0 Å². The molecule has 3 aromatic carbocycles. The minimum atomic E-state index is -0.184. The quantitative estimate of drug-likeness (QED) is 0.503. The van der Waals surface area contributed by atoms with Crippen LogP contribution in [0.15, 0.2) is 91.0 Å². The van der Waals surface area contributed by atoms with Crippen LogP contribution in [0.1, 0.15) is 16.7 Å². The van der Waals surface area contributed by atoms with Gasteiger partial charge >= 0.3 is 129 Å². The zero-order valence-electron chi connectivity index (χ0n) is 11.1. The Balaban J connectivity index is 2.24. The van der Waals surface area contributed by atoms with E-state index in [0.717, 1.165) is 0 Å². The van der Waals surface area contributed by atoms with E-state index in [9.17, 15) is 0 Å². The van der Waals surface area contributed by atoms with Crippen molar-refractivity contribution in [3.8, 4) is 0 Å². The van der Waals surface area contributed by atoms with Crippen LogP contribution in [0.2, 0.25) is 0 Å². The Labute approximate surface area is 129 Å². The molecular formula is C19H15As. The summed E-state index contributed by atoms with van der Waals surface area (Å²) in [6.07, 6.45) is 0. The molecule has 0 aliphatic heterocycles. The van der Waals surface area contributed by atoms with Crippen molar-refractivity contribution in [2.24, 2.45) is 0 Å². The van der Waals surface area contributed by atoms with E-state index >= 15 is 0 Å². The molecule has 3 rings (SSSR count). The van der Waals surface area contributed by atoms with Gasteiger partial charge in [0.15, 0.2) is 0 Å². The normalized spacial score (nSPS) is 11.2.